The minimum Gasteiger partial charge on any atom is -0.465 e. The summed E-state index contributed by atoms with van der Waals surface area (Å²) < 4.78 is 5.20. The van der Waals surface area contributed by atoms with Gasteiger partial charge < -0.3 is 10.1 Å². The molecule has 0 radical (unpaired) electrons. The van der Waals surface area contributed by atoms with Gasteiger partial charge in [0.25, 0.3) is 0 Å². The van der Waals surface area contributed by atoms with E-state index in [0.29, 0.717) is 12.4 Å². The third-order valence-electron chi connectivity index (χ3n) is 3.07. The van der Waals surface area contributed by atoms with Crippen LogP contribution < -0.4 is 5.32 Å². The molecule has 0 saturated heterocycles. The van der Waals surface area contributed by atoms with Crippen molar-refractivity contribution in [2.45, 2.75) is 51.6 Å². The lowest BCUT2D eigenvalue weighted by Gasteiger charge is -2.28. The predicted octanol–water partition coefficient (Wildman–Crippen LogP) is 3.11. The lowest BCUT2D eigenvalue weighted by atomic mass is 10.1. The Morgan fingerprint density at radius 1 is 1.38 bits per heavy atom. The summed E-state index contributed by atoms with van der Waals surface area (Å²) in [4.78, 5) is 16.7. The number of thioether (sulfide) groups is 1. The molecule has 0 aliphatic heterocycles. The molecule has 0 aliphatic rings. The maximum Gasteiger partial charge on any atom is 0.326 e. The van der Waals surface area contributed by atoms with Gasteiger partial charge in [-0.05, 0) is 58.4 Å². The lowest BCUT2D eigenvalue weighted by molar-refractivity contribution is -0.149. The Morgan fingerprint density at radius 2 is 2.10 bits per heavy atom. The Balaban J connectivity index is 2.78. The zero-order chi connectivity index (χ0) is 15.9. The first-order valence-corrected chi connectivity index (χ1v) is 8.40. The van der Waals surface area contributed by atoms with Gasteiger partial charge in [-0.3, -0.25) is 4.79 Å². The van der Waals surface area contributed by atoms with Crippen molar-refractivity contribution in [2.24, 2.45) is 0 Å². The number of hydrogen-bond donors (Lipinski definition) is 1. The normalized spacial score (nSPS) is 13.8. The number of nitrogens with zero attached hydrogens (tertiary/aromatic N) is 1. The largest absolute Gasteiger partial charge is 0.465 e. The third-order valence-corrected chi connectivity index (χ3v) is 4.30. The van der Waals surface area contributed by atoms with Gasteiger partial charge >= 0.3 is 5.97 Å². The van der Waals surface area contributed by atoms with Gasteiger partial charge in [-0.1, -0.05) is 6.92 Å². The highest BCUT2D eigenvalue weighted by molar-refractivity contribution is 7.99. The van der Waals surface area contributed by atoms with Crippen LogP contribution in [0.2, 0.25) is 0 Å². The second-order valence-electron chi connectivity index (χ2n) is 5.39. The van der Waals surface area contributed by atoms with Gasteiger partial charge in [0.05, 0.1) is 11.6 Å². The van der Waals surface area contributed by atoms with Crippen LogP contribution in [0.3, 0.4) is 0 Å². The number of carbonyl (C=O) groups is 1. The summed E-state index contributed by atoms with van der Waals surface area (Å²) in [6, 6.07) is 4.09. The minimum atomic E-state index is -0.685. The standard InChI is InChI=1S/C16H26N2O2S/c1-6-8-17-16(5,15(19)20-7-2)11-21-14-10-12(3)9-13(4)18-14/h9-10,17H,6-8,11H2,1-5H3. The molecule has 1 rings (SSSR count). The van der Waals surface area contributed by atoms with Crippen molar-refractivity contribution in [3.8, 4) is 0 Å². The number of pyridine rings is 1. The number of ether oxygens (including phenoxy) is 1. The van der Waals surface area contributed by atoms with Crippen LogP contribution in [0.15, 0.2) is 17.2 Å². The summed E-state index contributed by atoms with van der Waals surface area (Å²) >= 11 is 1.59. The van der Waals surface area contributed by atoms with Gasteiger partial charge in [-0.25, -0.2) is 4.98 Å². The fraction of sp³-hybridized carbons (Fsp3) is 0.625. The first kappa shape index (κ1) is 18.0. The summed E-state index contributed by atoms with van der Waals surface area (Å²) in [7, 11) is 0. The molecule has 1 atom stereocenters. The van der Waals surface area contributed by atoms with Gasteiger partial charge in [0.1, 0.15) is 5.54 Å². The quantitative estimate of drug-likeness (QED) is 0.590. The zero-order valence-electron chi connectivity index (χ0n) is 13.7. The van der Waals surface area contributed by atoms with E-state index >= 15 is 0 Å². The highest BCUT2D eigenvalue weighted by Crippen LogP contribution is 2.23. The van der Waals surface area contributed by atoms with Gasteiger partial charge in [0.2, 0.25) is 0 Å². The number of carbonyl (C=O) groups excluding carboxylic acids is 1. The van der Waals surface area contributed by atoms with Crippen LogP contribution in [0.5, 0.6) is 0 Å². The van der Waals surface area contributed by atoms with Gasteiger partial charge in [-0.2, -0.15) is 0 Å². The van der Waals surface area contributed by atoms with E-state index in [0.717, 1.165) is 23.7 Å². The Bertz CT molecular complexity index is 459. The summed E-state index contributed by atoms with van der Waals surface area (Å²) in [6.07, 6.45) is 0.974. The Kier molecular flexibility index (Phi) is 7.18. The van der Waals surface area contributed by atoms with Crippen LogP contribution in [-0.2, 0) is 9.53 Å². The van der Waals surface area contributed by atoms with Crippen LogP contribution in [0.4, 0.5) is 0 Å². The SMILES string of the molecule is CCCNC(C)(CSc1cc(C)cc(C)n1)C(=O)OCC. The monoisotopic (exact) mass is 310 g/mol. The molecule has 0 fully saturated rings. The van der Waals surface area contributed by atoms with E-state index in [1.807, 2.05) is 32.9 Å². The molecule has 0 aromatic carbocycles. The van der Waals surface area contributed by atoms with Crippen molar-refractivity contribution in [2.75, 3.05) is 18.9 Å². The summed E-state index contributed by atoms with van der Waals surface area (Å²) in [5, 5.41) is 4.25. The van der Waals surface area contributed by atoms with Gasteiger partial charge in [-0.15, -0.1) is 11.8 Å². The molecule has 4 nitrogen and oxygen atoms in total. The van der Waals surface area contributed by atoms with E-state index in [9.17, 15) is 4.79 Å². The Labute approximate surface area is 132 Å². The van der Waals surface area contributed by atoms with E-state index in [1.54, 1.807) is 11.8 Å². The van der Waals surface area contributed by atoms with Crippen molar-refractivity contribution < 1.29 is 9.53 Å². The topological polar surface area (TPSA) is 51.2 Å². The van der Waals surface area contributed by atoms with Crippen molar-refractivity contribution in [1.82, 2.24) is 10.3 Å². The van der Waals surface area contributed by atoms with Gasteiger partial charge in [0.15, 0.2) is 0 Å². The molecule has 0 amide bonds. The molecule has 1 aromatic rings. The highest BCUT2D eigenvalue weighted by Gasteiger charge is 2.34. The average Bonchev–Trinajstić information content (AvgIpc) is 2.42. The van der Waals surface area contributed by atoms with E-state index < -0.39 is 5.54 Å². The van der Waals surface area contributed by atoms with E-state index in [4.69, 9.17) is 4.74 Å². The summed E-state index contributed by atoms with van der Waals surface area (Å²) in [5.74, 6) is 0.400. The zero-order valence-corrected chi connectivity index (χ0v) is 14.5. The lowest BCUT2D eigenvalue weighted by Crippen LogP contribution is -2.52. The first-order chi connectivity index (χ1) is 9.91. The van der Waals surface area contributed by atoms with Crippen LogP contribution in [0, 0.1) is 13.8 Å². The van der Waals surface area contributed by atoms with Crippen LogP contribution in [0.1, 0.15) is 38.4 Å². The van der Waals surface area contributed by atoms with Crippen molar-refractivity contribution in [3.05, 3.63) is 23.4 Å². The summed E-state index contributed by atoms with van der Waals surface area (Å²) in [5.41, 5.74) is 1.50. The predicted molar refractivity (Wildman–Crippen MR) is 87.8 cm³/mol. The number of esters is 1. The number of aromatic nitrogens is 1. The maximum atomic E-state index is 12.2. The first-order valence-electron chi connectivity index (χ1n) is 7.41. The highest BCUT2D eigenvalue weighted by atomic mass is 32.2. The van der Waals surface area contributed by atoms with E-state index in [-0.39, 0.29) is 5.97 Å². The van der Waals surface area contributed by atoms with Crippen molar-refractivity contribution >= 4 is 17.7 Å². The fourth-order valence-electron chi connectivity index (χ4n) is 1.97. The number of aryl methyl sites for hydroxylation is 2. The second kappa shape index (κ2) is 8.39. The Morgan fingerprint density at radius 3 is 2.67 bits per heavy atom. The molecule has 5 heteroatoms. The third kappa shape index (κ3) is 5.67. The molecule has 0 bridgehead atoms. The van der Waals surface area contributed by atoms with Crippen LogP contribution in [-0.4, -0.2) is 35.4 Å². The molecule has 0 spiro atoms. The molecular weight excluding hydrogens is 284 g/mol. The smallest absolute Gasteiger partial charge is 0.326 e. The molecule has 0 aliphatic carbocycles. The fourth-order valence-corrected chi connectivity index (χ4v) is 3.10. The molecule has 1 heterocycles. The summed E-state index contributed by atoms with van der Waals surface area (Å²) in [6.45, 7) is 11.0. The molecule has 1 N–H and O–H groups in total. The molecule has 21 heavy (non-hydrogen) atoms. The molecular formula is C16H26N2O2S. The number of rotatable bonds is 8. The van der Waals surface area contributed by atoms with Crippen LogP contribution in [0.25, 0.3) is 0 Å². The number of nitrogens with one attached hydrogen (secondary N) is 1. The van der Waals surface area contributed by atoms with Crippen molar-refractivity contribution in [3.63, 3.8) is 0 Å². The van der Waals surface area contributed by atoms with Crippen LogP contribution >= 0.6 is 11.8 Å². The molecule has 0 saturated carbocycles. The van der Waals surface area contributed by atoms with E-state index in [1.165, 1.54) is 5.56 Å². The van der Waals surface area contributed by atoms with E-state index in [2.05, 4.69) is 24.1 Å². The Hall–Kier alpha value is -1.07. The molecule has 1 unspecified atom stereocenters. The minimum absolute atomic E-state index is 0.199. The van der Waals surface area contributed by atoms with Crippen molar-refractivity contribution in [1.29, 1.82) is 0 Å². The second-order valence-corrected chi connectivity index (χ2v) is 6.39. The maximum absolute atomic E-state index is 12.2. The van der Waals surface area contributed by atoms with Gasteiger partial charge in [0, 0.05) is 11.4 Å². The average molecular weight is 310 g/mol. The molecule has 1 aromatic heterocycles. The molecule has 118 valence electrons. The number of hydrogen-bond acceptors (Lipinski definition) is 5.